The molecule has 1 aromatic heterocycles. The van der Waals surface area contributed by atoms with E-state index in [0.717, 1.165) is 17.7 Å². The van der Waals surface area contributed by atoms with E-state index in [0.29, 0.717) is 13.0 Å². The van der Waals surface area contributed by atoms with Gasteiger partial charge in [-0.1, -0.05) is 25.1 Å². The van der Waals surface area contributed by atoms with E-state index >= 15 is 0 Å². The Morgan fingerprint density at radius 1 is 1.14 bits per heavy atom. The summed E-state index contributed by atoms with van der Waals surface area (Å²) >= 11 is 0. The first kappa shape index (κ1) is 15.2. The van der Waals surface area contributed by atoms with Crippen LogP contribution in [0.2, 0.25) is 0 Å². The van der Waals surface area contributed by atoms with Gasteiger partial charge in [-0.15, -0.1) is 0 Å². The first-order valence-corrected chi connectivity index (χ1v) is 7.44. The fraction of sp³-hybridized carbons (Fsp3) is 0.333. The van der Waals surface area contributed by atoms with Crippen molar-refractivity contribution < 1.29 is 9.36 Å². The van der Waals surface area contributed by atoms with Crippen LogP contribution in [0.4, 0.5) is 5.69 Å². The topological polar surface area (TPSA) is 33.0 Å². The van der Waals surface area contributed by atoms with Crippen LogP contribution in [0.15, 0.2) is 42.7 Å². The summed E-state index contributed by atoms with van der Waals surface area (Å²) in [4.78, 5) is 12.1. The van der Waals surface area contributed by atoms with Gasteiger partial charge in [-0.05, 0) is 37.0 Å². The van der Waals surface area contributed by atoms with Crippen molar-refractivity contribution in [3.8, 4) is 0 Å². The Labute approximate surface area is 126 Å². The maximum absolute atomic E-state index is 12.1. The lowest BCUT2D eigenvalue weighted by molar-refractivity contribution is -0.695. The Bertz CT molecular complexity index is 618. The summed E-state index contributed by atoms with van der Waals surface area (Å²) in [6, 6.07) is 10.2. The molecule has 2 aromatic rings. The smallest absolute Gasteiger partial charge is 0.230 e. The number of aromatic nitrogens is 1. The SMILES string of the molecule is CCc1cccc(C)c1NC(=O)CC[n+]1ccc(C)cc1. The highest BCUT2D eigenvalue weighted by atomic mass is 16.1. The van der Waals surface area contributed by atoms with Crippen molar-refractivity contribution in [3.63, 3.8) is 0 Å². The fourth-order valence-electron chi connectivity index (χ4n) is 2.32. The largest absolute Gasteiger partial charge is 0.325 e. The van der Waals surface area contributed by atoms with Crippen LogP contribution in [-0.2, 0) is 17.8 Å². The number of hydrogen-bond acceptors (Lipinski definition) is 1. The second-order valence-electron chi connectivity index (χ2n) is 5.37. The van der Waals surface area contributed by atoms with Crippen molar-refractivity contribution in [1.29, 1.82) is 0 Å². The standard InChI is InChI=1S/C18H22N2O/c1-4-16-7-5-6-15(3)18(16)19-17(21)10-13-20-11-8-14(2)9-12-20/h5-9,11-12H,4,10,13H2,1-3H3/p+1. The van der Waals surface area contributed by atoms with Crippen molar-refractivity contribution in [2.75, 3.05) is 5.32 Å². The molecule has 0 unspecified atom stereocenters. The second kappa shape index (κ2) is 7.02. The zero-order valence-electron chi connectivity index (χ0n) is 13.0. The lowest BCUT2D eigenvalue weighted by atomic mass is 10.1. The van der Waals surface area contributed by atoms with E-state index in [-0.39, 0.29) is 5.91 Å². The van der Waals surface area contributed by atoms with Gasteiger partial charge >= 0.3 is 0 Å². The summed E-state index contributed by atoms with van der Waals surface area (Å²) in [5.41, 5.74) is 4.50. The molecule has 0 aliphatic heterocycles. The monoisotopic (exact) mass is 283 g/mol. The van der Waals surface area contributed by atoms with Crippen molar-refractivity contribution in [1.82, 2.24) is 0 Å². The van der Waals surface area contributed by atoms with E-state index in [1.807, 2.05) is 36.0 Å². The Morgan fingerprint density at radius 3 is 2.52 bits per heavy atom. The van der Waals surface area contributed by atoms with Gasteiger partial charge in [0.15, 0.2) is 18.9 Å². The molecule has 0 radical (unpaired) electrons. The zero-order valence-corrected chi connectivity index (χ0v) is 13.0. The normalized spacial score (nSPS) is 10.4. The summed E-state index contributed by atoms with van der Waals surface area (Å²) in [7, 11) is 0. The van der Waals surface area contributed by atoms with Gasteiger partial charge in [0.1, 0.15) is 0 Å². The molecule has 0 atom stereocenters. The van der Waals surface area contributed by atoms with Crippen molar-refractivity contribution in [2.24, 2.45) is 0 Å². The third kappa shape index (κ3) is 4.15. The molecule has 1 aromatic carbocycles. The second-order valence-corrected chi connectivity index (χ2v) is 5.37. The van der Waals surface area contributed by atoms with Crippen molar-refractivity contribution in [3.05, 3.63) is 59.4 Å². The predicted octanol–water partition coefficient (Wildman–Crippen LogP) is 3.18. The lowest BCUT2D eigenvalue weighted by Crippen LogP contribution is -2.34. The van der Waals surface area contributed by atoms with Gasteiger partial charge in [-0.25, -0.2) is 4.57 Å². The molecule has 3 nitrogen and oxygen atoms in total. The highest BCUT2D eigenvalue weighted by molar-refractivity contribution is 5.92. The average Bonchev–Trinajstić information content (AvgIpc) is 2.49. The third-order valence-corrected chi connectivity index (χ3v) is 3.66. The van der Waals surface area contributed by atoms with E-state index < -0.39 is 0 Å². The highest BCUT2D eigenvalue weighted by Crippen LogP contribution is 2.21. The summed E-state index contributed by atoms with van der Waals surface area (Å²) in [5, 5.41) is 3.06. The van der Waals surface area contributed by atoms with Crippen LogP contribution in [-0.4, -0.2) is 5.91 Å². The molecule has 0 saturated carbocycles. The maximum Gasteiger partial charge on any atom is 0.230 e. The molecule has 0 aliphatic rings. The van der Waals surface area contributed by atoms with Gasteiger partial charge in [0.25, 0.3) is 0 Å². The van der Waals surface area contributed by atoms with Crippen LogP contribution >= 0.6 is 0 Å². The van der Waals surface area contributed by atoms with Crippen LogP contribution in [0, 0.1) is 13.8 Å². The molecule has 0 spiro atoms. The fourth-order valence-corrected chi connectivity index (χ4v) is 2.32. The number of aryl methyl sites for hydroxylation is 4. The number of para-hydroxylation sites is 1. The summed E-state index contributed by atoms with van der Waals surface area (Å²) in [6.45, 7) is 6.89. The molecular weight excluding hydrogens is 260 g/mol. The zero-order chi connectivity index (χ0) is 15.2. The molecule has 0 saturated heterocycles. The quantitative estimate of drug-likeness (QED) is 0.840. The number of hydrogen-bond donors (Lipinski definition) is 1. The molecule has 2 rings (SSSR count). The summed E-state index contributed by atoms with van der Waals surface area (Å²) in [6.07, 6.45) is 5.41. The molecule has 3 heteroatoms. The summed E-state index contributed by atoms with van der Waals surface area (Å²) < 4.78 is 2.03. The van der Waals surface area contributed by atoms with Crippen LogP contribution in [0.1, 0.15) is 30.0 Å². The number of rotatable bonds is 5. The molecule has 0 fully saturated rings. The third-order valence-electron chi connectivity index (χ3n) is 3.66. The van der Waals surface area contributed by atoms with Crippen LogP contribution in [0.25, 0.3) is 0 Å². The Hall–Kier alpha value is -2.16. The van der Waals surface area contributed by atoms with Gasteiger partial charge in [0, 0.05) is 17.8 Å². The molecule has 110 valence electrons. The molecule has 21 heavy (non-hydrogen) atoms. The number of nitrogens with zero attached hydrogens (tertiary/aromatic N) is 1. The van der Waals surface area contributed by atoms with Crippen molar-refractivity contribution in [2.45, 2.75) is 40.2 Å². The lowest BCUT2D eigenvalue weighted by Gasteiger charge is -2.12. The van der Waals surface area contributed by atoms with E-state index in [1.54, 1.807) is 0 Å². The minimum Gasteiger partial charge on any atom is -0.325 e. The van der Waals surface area contributed by atoms with E-state index in [2.05, 4.69) is 37.4 Å². The van der Waals surface area contributed by atoms with Crippen LogP contribution in [0.5, 0.6) is 0 Å². The van der Waals surface area contributed by atoms with Gasteiger partial charge in [-0.2, -0.15) is 0 Å². The van der Waals surface area contributed by atoms with Gasteiger partial charge in [0.2, 0.25) is 5.91 Å². The van der Waals surface area contributed by atoms with E-state index in [1.165, 1.54) is 11.1 Å². The first-order valence-electron chi connectivity index (χ1n) is 7.44. The van der Waals surface area contributed by atoms with Crippen LogP contribution < -0.4 is 9.88 Å². The first-order chi connectivity index (χ1) is 10.1. The Morgan fingerprint density at radius 2 is 1.86 bits per heavy atom. The van der Waals surface area contributed by atoms with Gasteiger partial charge in [0.05, 0.1) is 6.42 Å². The van der Waals surface area contributed by atoms with E-state index in [9.17, 15) is 4.79 Å². The Kier molecular flexibility index (Phi) is 5.09. The number of carbonyl (C=O) groups is 1. The number of benzene rings is 1. The van der Waals surface area contributed by atoms with Crippen molar-refractivity contribution >= 4 is 11.6 Å². The molecule has 1 N–H and O–H groups in total. The Balaban J connectivity index is 1.97. The molecule has 1 amide bonds. The minimum atomic E-state index is 0.0621. The highest BCUT2D eigenvalue weighted by Gasteiger charge is 2.10. The number of amides is 1. The number of carbonyl (C=O) groups excluding carboxylic acids is 1. The minimum absolute atomic E-state index is 0.0621. The number of pyridine rings is 1. The average molecular weight is 283 g/mol. The van der Waals surface area contributed by atoms with E-state index in [4.69, 9.17) is 0 Å². The maximum atomic E-state index is 12.1. The molecule has 0 aliphatic carbocycles. The number of nitrogens with one attached hydrogen (secondary N) is 1. The number of anilines is 1. The van der Waals surface area contributed by atoms with Gasteiger partial charge < -0.3 is 5.32 Å². The molecule has 0 bridgehead atoms. The van der Waals surface area contributed by atoms with Crippen LogP contribution in [0.3, 0.4) is 0 Å². The molecular formula is C18H23N2O+. The summed E-state index contributed by atoms with van der Waals surface area (Å²) in [5.74, 6) is 0.0621. The molecule has 1 heterocycles. The predicted molar refractivity (Wildman–Crippen MR) is 85.2 cm³/mol. The van der Waals surface area contributed by atoms with Gasteiger partial charge in [-0.3, -0.25) is 4.79 Å².